The second-order valence-corrected chi connectivity index (χ2v) is 6.67. The Labute approximate surface area is 133 Å². The van der Waals surface area contributed by atoms with Gasteiger partial charge in [0.1, 0.15) is 0 Å². The summed E-state index contributed by atoms with van der Waals surface area (Å²) in [4.78, 5) is 0. The molecule has 1 aliphatic carbocycles. The van der Waals surface area contributed by atoms with E-state index in [1.54, 1.807) is 0 Å². The Morgan fingerprint density at radius 2 is 2.14 bits per heavy atom. The van der Waals surface area contributed by atoms with Gasteiger partial charge in [-0.1, -0.05) is 30.7 Å². The van der Waals surface area contributed by atoms with E-state index in [1.165, 1.54) is 18.4 Å². The molecule has 0 radical (unpaired) electrons. The summed E-state index contributed by atoms with van der Waals surface area (Å²) < 4.78 is 6.20. The van der Waals surface area contributed by atoms with Crippen LogP contribution in [0.15, 0.2) is 24.3 Å². The SMILES string of the molecule is CCOC1(C(Cc2cccc(Cl)c2)NN)CCC(C)CC1. The molecule has 0 bridgehead atoms. The van der Waals surface area contributed by atoms with Crippen molar-refractivity contribution in [1.29, 1.82) is 0 Å². The van der Waals surface area contributed by atoms with Gasteiger partial charge in [-0.25, -0.2) is 0 Å². The predicted octanol–water partition coefficient (Wildman–Crippen LogP) is 3.70. The monoisotopic (exact) mass is 310 g/mol. The van der Waals surface area contributed by atoms with Crippen molar-refractivity contribution < 1.29 is 4.74 Å². The van der Waals surface area contributed by atoms with E-state index < -0.39 is 0 Å². The Hall–Kier alpha value is -0.610. The molecule has 1 unspecified atom stereocenters. The van der Waals surface area contributed by atoms with Crippen molar-refractivity contribution >= 4 is 11.6 Å². The second kappa shape index (κ2) is 7.59. The fraction of sp³-hybridized carbons (Fsp3) is 0.647. The van der Waals surface area contributed by atoms with E-state index in [-0.39, 0.29) is 11.6 Å². The Morgan fingerprint density at radius 1 is 1.43 bits per heavy atom. The summed E-state index contributed by atoms with van der Waals surface area (Å²) in [6, 6.07) is 8.11. The number of hydrazine groups is 1. The molecule has 3 nitrogen and oxygen atoms in total. The van der Waals surface area contributed by atoms with E-state index in [4.69, 9.17) is 22.2 Å². The van der Waals surface area contributed by atoms with E-state index in [0.29, 0.717) is 0 Å². The molecule has 1 fully saturated rings. The molecule has 1 aromatic carbocycles. The highest BCUT2D eigenvalue weighted by Gasteiger charge is 2.41. The highest BCUT2D eigenvalue weighted by atomic mass is 35.5. The molecule has 0 spiro atoms. The van der Waals surface area contributed by atoms with Gasteiger partial charge in [0.2, 0.25) is 0 Å². The highest BCUT2D eigenvalue weighted by Crippen LogP contribution is 2.38. The zero-order valence-electron chi connectivity index (χ0n) is 13.1. The minimum Gasteiger partial charge on any atom is -0.374 e. The van der Waals surface area contributed by atoms with Crippen LogP contribution in [0.3, 0.4) is 0 Å². The van der Waals surface area contributed by atoms with Crippen LogP contribution in [-0.4, -0.2) is 18.2 Å². The van der Waals surface area contributed by atoms with Gasteiger partial charge in [-0.2, -0.15) is 0 Å². The standard InChI is InChI=1S/C17H27ClN2O/c1-3-21-17(9-7-13(2)8-10-17)16(20-19)12-14-5-4-6-15(18)11-14/h4-6,11,13,16,20H,3,7-10,12,19H2,1-2H3. The van der Waals surface area contributed by atoms with Crippen LogP contribution in [0.4, 0.5) is 0 Å². The van der Waals surface area contributed by atoms with Gasteiger partial charge in [0.15, 0.2) is 0 Å². The molecule has 0 aromatic heterocycles. The number of hydrogen-bond donors (Lipinski definition) is 2. The summed E-state index contributed by atoms with van der Waals surface area (Å²) in [6.45, 7) is 5.10. The number of nitrogens with one attached hydrogen (secondary N) is 1. The minimum absolute atomic E-state index is 0.114. The zero-order chi connectivity index (χ0) is 15.3. The van der Waals surface area contributed by atoms with Crippen molar-refractivity contribution in [3.8, 4) is 0 Å². The first-order valence-electron chi connectivity index (χ1n) is 7.94. The molecular weight excluding hydrogens is 284 g/mol. The molecule has 4 heteroatoms. The van der Waals surface area contributed by atoms with Crippen LogP contribution >= 0.6 is 11.6 Å². The Kier molecular flexibility index (Phi) is 6.06. The van der Waals surface area contributed by atoms with E-state index in [9.17, 15) is 0 Å². The maximum Gasteiger partial charge on any atom is 0.0851 e. The van der Waals surface area contributed by atoms with Crippen molar-refractivity contribution in [1.82, 2.24) is 5.43 Å². The Bertz CT molecular complexity index is 444. The van der Waals surface area contributed by atoms with E-state index in [0.717, 1.165) is 36.8 Å². The Morgan fingerprint density at radius 3 is 2.71 bits per heavy atom. The summed E-state index contributed by atoms with van der Waals surface area (Å²) in [7, 11) is 0. The normalized spacial score (nSPS) is 27.5. The molecule has 0 saturated heterocycles. The summed E-state index contributed by atoms with van der Waals surface area (Å²) in [6.07, 6.45) is 5.38. The third-order valence-corrected chi connectivity index (χ3v) is 4.95. The molecule has 1 atom stereocenters. The van der Waals surface area contributed by atoms with Crippen molar-refractivity contribution in [3.05, 3.63) is 34.9 Å². The summed E-state index contributed by atoms with van der Waals surface area (Å²) in [5.74, 6) is 6.66. The third kappa shape index (κ3) is 4.19. The maximum absolute atomic E-state index is 6.20. The lowest BCUT2D eigenvalue weighted by Gasteiger charge is -2.44. The van der Waals surface area contributed by atoms with E-state index in [2.05, 4.69) is 25.3 Å². The molecule has 1 aromatic rings. The third-order valence-electron chi connectivity index (χ3n) is 4.72. The molecule has 3 N–H and O–H groups in total. The second-order valence-electron chi connectivity index (χ2n) is 6.23. The van der Waals surface area contributed by atoms with Crippen LogP contribution in [-0.2, 0) is 11.2 Å². The molecular formula is C17H27ClN2O. The molecule has 1 saturated carbocycles. The van der Waals surface area contributed by atoms with Crippen molar-refractivity contribution in [2.75, 3.05) is 6.61 Å². The first-order valence-corrected chi connectivity index (χ1v) is 8.32. The lowest BCUT2D eigenvalue weighted by Crippen LogP contribution is -2.57. The van der Waals surface area contributed by atoms with Crippen molar-refractivity contribution in [3.63, 3.8) is 0 Å². The summed E-state index contributed by atoms with van der Waals surface area (Å²) in [5.41, 5.74) is 4.06. The van der Waals surface area contributed by atoms with Gasteiger partial charge in [-0.15, -0.1) is 0 Å². The number of benzene rings is 1. The van der Waals surface area contributed by atoms with E-state index >= 15 is 0 Å². The average Bonchev–Trinajstić information content (AvgIpc) is 2.48. The molecule has 21 heavy (non-hydrogen) atoms. The largest absolute Gasteiger partial charge is 0.374 e. The summed E-state index contributed by atoms with van der Waals surface area (Å²) in [5, 5.41) is 0.769. The molecule has 1 aliphatic rings. The van der Waals surface area contributed by atoms with Crippen LogP contribution in [0, 0.1) is 5.92 Å². The van der Waals surface area contributed by atoms with Gasteiger partial charge in [-0.3, -0.25) is 11.3 Å². The highest BCUT2D eigenvalue weighted by molar-refractivity contribution is 6.30. The van der Waals surface area contributed by atoms with Crippen molar-refractivity contribution in [2.45, 2.75) is 57.6 Å². The van der Waals surface area contributed by atoms with Crippen LogP contribution in [0.2, 0.25) is 5.02 Å². The molecule has 0 amide bonds. The number of rotatable bonds is 6. The number of ether oxygens (including phenoxy) is 1. The van der Waals surface area contributed by atoms with Gasteiger partial charge in [0.25, 0.3) is 0 Å². The van der Waals surface area contributed by atoms with Gasteiger partial charge >= 0.3 is 0 Å². The van der Waals surface area contributed by atoms with Gasteiger partial charge in [0, 0.05) is 11.6 Å². The van der Waals surface area contributed by atoms with Crippen molar-refractivity contribution in [2.24, 2.45) is 11.8 Å². The molecule has 0 aliphatic heterocycles. The summed E-state index contributed by atoms with van der Waals surface area (Å²) >= 11 is 6.09. The lowest BCUT2D eigenvalue weighted by atomic mass is 9.74. The predicted molar refractivity (Wildman–Crippen MR) is 88.3 cm³/mol. The van der Waals surface area contributed by atoms with Gasteiger partial charge in [0.05, 0.1) is 11.6 Å². The molecule has 2 rings (SSSR count). The smallest absolute Gasteiger partial charge is 0.0851 e. The zero-order valence-corrected chi connectivity index (χ0v) is 13.8. The van der Waals surface area contributed by atoms with Gasteiger partial charge < -0.3 is 4.74 Å². The number of nitrogens with two attached hydrogens (primary N) is 1. The topological polar surface area (TPSA) is 47.3 Å². The molecule has 118 valence electrons. The van der Waals surface area contributed by atoms with Crippen LogP contribution < -0.4 is 11.3 Å². The van der Waals surface area contributed by atoms with Crippen LogP contribution in [0.5, 0.6) is 0 Å². The van der Waals surface area contributed by atoms with E-state index in [1.807, 2.05) is 18.2 Å². The molecule has 0 heterocycles. The van der Waals surface area contributed by atoms with Gasteiger partial charge in [-0.05, 0) is 62.6 Å². The fourth-order valence-electron chi connectivity index (χ4n) is 3.43. The number of halogens is 1. The van der Waals surface area contributed by atoms with Crippen LogP contribution in [0.1, 0.15) is 45.1 Å². The quantitative estimate of drug-likeness (QED) is 0.622. The lowest BCUT2D eigenvalue weighted by molar-refractivity contribution is -0.0961. The minimum atomic E-state index is -0.154. The van der Waals surface area contributed by atoms with Crippen LogP contribution in [0.25, 0.3) is 0 Å². The average molecular weight is 311 g/mol. The first-order chi connectivity index (χ1) is 10.1. The Balaban J connectivity index is 2.15. The fourth-order valence-corrected chi connectivity index (χ4v) is 3.64. The maximum atomic E-state index is 6.20. The number of hydrogen-bond acceptors (Lipinski definition) is 3. The first kappa shape index (κ1) is 16.8.